The molecular formula is C14H22N2O2. The highest BCUT2D eigenvalue weighted by atomic mass is 16.5. The molecule has 0 aliphatic rings. The number of ether oxygens (including phenoxy) is 1. The second-order valence-electron chi connectivity index (χ2n) is 4.49. The topological polar surface area (TPSA) is 41.6 Å². The average molecular weight is 250 g/mol. The molecule has 1 unspecified atom stereocenters. The first kappa shape index (κ1) is 14.7. The fourth-order valence-corrected chi connectivity index (χ4v) is 1.71. The first-order chi connectivity index (χ1) is 8.65. The minimum atomic E-state index is -0.238. The van der Waals surface area contributed by atoms with Crippen LogP contribution in [0.15, 0.2) is 30.3 Å². The number of hydrogen-bond donors (Lipinski definition) is 1. The van der Waals surface area contributed by atoms with Crippen molar-refractivity contribution >= 4 is 5.97 Å². The van der Waals surface area contributed by atoms with E-state index in [-0.39, 0.29) is 11.9 Å². The summed E-state index contributed by atoms with van der Waals surface area (Å²) in [7, 11) is 5.48. The van der Waals surface area contributed by atoms with Crippen LogP contribution >= 0.6 is 0 Å². The molecule has 1 rings (SSSR count). The number of hydrogen-bond acceptors (Lipinski definition) is 4. The summed E-state index contributed by atoms with van der Waals surface area (Å²) in [4.78, 5) is 13.9. The SMILES string of the molecule is COC(=O)C(CNCCN(C)C)c1ccccc1. The van der Waals surface area contributed by atoms with Gasteiger partial charge in [0.2, 0.25) is 0 Å². The van der Waals surface area contributed by atoms with Crippen molar-refractivity contribution in [2.24, 2.45) is 0 Å². The van der Waals surface area contributed by atoms with Crippen LogP contribution in [0.4, 0.5) is 0 Å². The molecular weight excluding hydrogens is 228 g/mol. The third kappa shape index (κ3) is 4.85. The Morgan fingerprint density at radius 2 is 2.00 bits per heavy atom. The summed E-state index contributed by atoms with van der Waals surface area (Å²) >= 11 is 0. The van der Waals surface area contributed by atoms with E-state index in [1.165, 1.54) is 7.11 Å². The van der Waals surface area contributed by atoms with Gasteiger partial charge in [-0.3, -0.25) is 4.79 Å². The number of carbonyl (C=O) groups excluding carboxylic acids is 1. The Labute approximate surface area is 109 Å². The normalized spacial score (nSPS) is 12.4. The van der Waals surface area contributed by atoms with Crippen LogP contribution in [0.3, 0.4) is 0 Å². The average Bonchev–Trinajstić information content (AvgIpc) is 2.38. The number of carbonyl (C=O) groups is 1. The molecule has 1 atom stereocenters. The van der Waals surface area contributed by atoms with Gasteiger partial charge in [-0.05, 0) is 19.7 Å². The lowest BCUT2D eigenvalue weighted by atomic mass is 9.99. The number of esters is 1. The van der Waals surface area contributed by atoms with Crippen LogP contribution in [-0.2, 0) is 9.53 Å². The van der Waals surface area contributed by atoms with Crippen molar-refractivity contribution in [3.63, 3.8) is 0 Å². The zero-order valence-corrected chi connectivity index (χ0v) is 11.3. The molecule has 0 heterocycles. The quantitative estimate of drug-likeness (QED) is 0.581. The fraction of sp³-hybridized carbons (Fsp3) is 0.500. The first-order valence-electron chi connectivity index (χ1n) is 6.13. The summed E-state index contributed by atoms with van der Waals surface area (Å²) in [6.45, 7) is 2.40. The van der Waals surface area contributed by atoms with Crippen molar-refractivity contribution in [2.75, 3.05) is 40.8 Å². The molecule has 18 heavy (non-hydrogen) atoms. The maximum absolute atomic E-state index is 11.8. The van der Waals surface area contributed by atoms with E-state index in [0.717, 1.165) is 18.7 Å². The predicted octanol–water partition coefficient (Wildman–Crippen LogP) is 1.09. The highest BCUT2D eigenvalue weighted by Crippen LogP contribution is 2.15. The van der Waals surface area contributed by atoms with Crippen molar-refractivity contribution in [2.45, 2.75) is 5.92 Å². The Bertz CT molecular complexity index is 352. The smallest absolute Gasteiger partial charge is 0.314 e. The number of nitrogens with one attached hydrogen (secondary N) is 1. The van der Waals surface area contributed by atoms with Gasteiger partial charge >= 0.3 is 5.97 Å². The van der Waals surface area contributed by atoms with Gasteiger partial charge in [-0.2, -0.15) is 0 Å². The van der Waals surface area contributed by atoms with E-state index in [4.69, 9.17) is 4.74 Å². The molecule has 0 saturated heterocycles. The molecule has 0 radical (unpaired) electrons. The lowest BCUT2D eigenvalue weighted by Crippen LogP contribution is -2.32. The van der Waals surface area contributed by atoms with Gasteiger partial charge in [0.1, 0.15) is 0 Å². The maximum atomic E-state index is 11.8. The largest absolute Gasteiger partial charge is 0.469 e. The molecule has 100 valence electrons. The Hall–Kier alpha value is -1.39. The van der Waals surface area contributed by atoms with E-state index in [1.807, 2.05) is 44.4 Å². The predicted molar refractivity (Wildman–Crippen MR) is 72.6 cm³/mol. The summed E-state index contributed by atoms with van der Waals surface area (Å²) in [6, 6.07) is 9.72. The molecule has 1 N–H and O–H groups in total. The molecule has 0 bridgehead atoms. The first-order valence-corrected chi connectivity index (χ1v) is 6.13. The molecule has 0 aliphatic heterocycles. The highest BCUT2D eigenvalue weighted by molar-refractivity contribution is 5.78. The standard InChI is InChI=1S/C14H22N2O2/c1-16(2)10-9-15-11-13(14(17)18-3)12-7-5-4-6-8-12/h4-8,13,15H,9-11H2,1-3H3. The van der Waals surface area contributed by atoms with Crippen molar-refractivity contribution in [3.05, 3.63) is 35.9 Å². The van der Waals surface area contributed by atoms with Gasteiger partial charge in [0.25, 0.3) is 0 Å². The minimum Gasteiger partial charge on any atom is -0.469 e. The summed E-state index contributed by atoms with van der Waals surface area (Å²) in [5.41, 5.74) is 0.988. The number of methoxy groups -OCH3 is 1. The van der Waals surface area contributed by atoms with E-state index in [9.17, 15) is 4.79 Å². The van der Waals surface area contributed by atoms with Crippen molar-refractivity contribution in [3.8, 4) is 0 Å². The molecule has 0 saturated carbocycles. The van der Waals surface area contributed by atoms with Crippen LogP contribution in [0, 0.1) is 0 Å². The number of benzene rings is 1. The lowest BCUT2D eigenvalue weighted by molar-refractivity contribution is -0.142. The van der Waals surface area contributed by atoms with Crippen molar-refractivity contribution in [1.82, 2.24) is 10.2 Å². The molecule has 1 aromatic carbocycles. The second-order valence-corrected chi connectivity index (χ2v) is 4.49. The maximum Gasteiger partial charge on any atom is 0.314 e. The summed E-state index contributed by atoms with van der Waals surface area (Å²) in [5.74, 6) is -0.433. The molecule has 0 aromatic heterocycles. The molecule has 0 spiro atoms. The third-order valence-corrected chi connectivity index (χ3v) is 2.77. The molecule has 0 fully saturated rings. The van der Waals surface area contributed by atoms with Gasteiger partial charge in [-0.15, -0.1) is 0 Å². The molecule has 4 nitrogen and oxygen atoms in total. The number of nitrogens with zero attached hydrogens (tertiary/aromatic N) is 1. The van der Waals surface area contributed by atoms with E-state index >= 15 is 0 Å². The van der Waals surface area contributed by atoms with E-state index in [1.54, 1.807) is 0 Å². The summed E-state index contributed by atoms with van der Waals surface area (Å²) in [5, 5.41) is 3.29. The van der Waals surface area contributed by atoms with Crippen molar-refractivity contribution < 1.29 is 9.53 Å². The molecule has 1 aromatic rings. The summed E-state index contributed by atoms with van der Waals surface area (Å²) in [6.07, 6.45) is 0. The van der Waals surface area contributed by atoms with Gasteiger partial charge in [-0.25, -0.2) is 0 Å². The second kappa shape index (κ2) is 7.84. The Morgan fingerprint density at radius 1 is 1.33 bits per heavy atom. The lowest BCUT2D eigenvalue weighted by Gasteiger charge is -2.17. The third-order valence-electron chi connectivity index (χ3n) is 2.77. The zero-order valence-electron chi connectivity index (χ0n) is 11.3. The van der Waals surface area contributed by atoms with Crippen LogP contribution in [-0.4, -0.2) is 51.7 Å². The van der Waals surface area contributed by atoms with Gasteiger partial charge in [-0.1, -0.05) is 30.3 Å². The Balaban J connectivity index is 2.55. The molecule has 4 heteroatoms. The van der Waals surface area contributed by atoms with E-state index in [2.05, 4.69) is 10.2 Å². The highest BCUT2D eigenvalue weighted by Gasteiger charge is 2.20. The van der Waals surface area contributed by atoms with Crippen LogP contribution in [0.25, 0.3) is 0 Å². The minimum absolute atomic E-state index is 0.196. The van der Waals surface area contributed by atoms with Gasteiger partial charge in [0.15, 0.2) is 0 Å². The van der Waals surface area contributed by atoms with Gasteiger partial charge in [0.05, 0.1) is 13.0 Å². The van der Waals surface area contributed by atoms with E-state index in [0.29, 0.717) is 6.54 Å². The van der Waals surface area contributed by atoms with Crippen LogP contribution in [0.2, 0.25) is 0 Å². The number of rotatable bonds is 7. The number of likely N-dealkylation sites (N-methyl/N-ethyl adjacent to an activating group) is 1. The molecule has 0 aliphatic carbocycles. The van der Waals surface area contributed by atoms with Crippen LogP contribution in [0.5, 0.6) is 0 Å². The van der Waals surface area contributed by atoms with Crippen molar-refractivity contribution in [1.29, 1.82) is 0 Å². The fourth-order valence-electron chi connectivity index (χ4n) is 1.71. The zero-order chi connectivity index (χ0) is 13.4. The Kier molecular flexibility index (Phi) is 6.39. The monoisotopic (exact) mass is 250 g/mol. The van der Waals surface area contributed by atoms with Crippen LogP contribution in [0.1, 0.15) is 11.5 Å². The van der Waals surface area contributed by atoms with Gasteiger partial charge in [0, 0.05) is 19.6 Å². The van der Waals surface area contributed by atoms with E-state index < -0.39 is 0 Å². The molecule has 0 amide bonds. The Morgan fingerprint density at radius 3 is 2.56 bits per heavy atom. The van der Waals surface area contributed by atoms with Gasteiger partial charge < -0.3 is 15.0 Å². The summed E-state index contributed by atoms with van der Waals surface area (Å²) < 4.78 is 4.86. The van der Waals surface area contributed by atoms with Crippen LogP contribution < -0.4 is 5.32 Å².